The first-order valence-electron chi connectivity index (χ1n) is 8.81. The molecular formula is C20H20N2O3S. The maximum Gasteiger partial charge on any atom is 0.279 e. The van der Waals surface area contributed by atoms with E-state index in [2.05, 4.69) is 41.6 Å². The second-order valence-electron chi connectivity index (χ2n) is 6.02. The lowest BCUT2D eigenvalue weighted by Crippen LogP contribution is -2.17. The number of ether oxygens (including phenoxy) is 2. The Morgan fingerprint density at radius 1 is 1.15 bits per heavy atom. The largest absolute Gasteiger partial charge is 0.486 e. The molecule has 0 atom stereocenters. The molecule has 1 amide bonds. The Morgan fingerprint density at radius 3 is 2.73 bits per heavy atom. The number of amides is 1. The molecule has 0 radical (unpaired) electrons. The molecule has 0 unspecified atom stereocenters. The van der Waals surface area contributed by atoms with Gasteiger partial charge in [0.05, 0.1) is 10.2 Å². The summed E-state index contributed by atoms with van der Waals surface area (Å²) in [5.74, 6) is 1.00. The Kier molecular flexibility index (Phi) is 4.51. The van der Waals surface area contributed by atoms with Crippen LogP contribution in [0, 0.1) is 0 Å². The summed E-state index contributed by atoms with van der Waals surface area (Å²) in [6.07, 6.45) is 0.948. The van der Waals surface area contributed by atoms with Crippen LogP contribution < -0.4 is 14.3 Å². The summed E-state index contributed by atoms with van der Waals surface area (Å²) >= 11 is 1.55. The summed E-state index contributed by atoms with van der Waals surface area (Å²) in [5.41, 5.74) is 2.95. The standard InChI is InChI=1S/C20H20N2O3S/c1-3-13-6-5-7-17-18(13)22(4-2)20(26-17)21-19(23)14-8-9-15-16(12-14)25-11-10-24-15/h5-9,12H,3-4,10-11H2,1-2H3. The number of thiazole rings is 1. The van der Waals surface area contributed by atoms with Crippen LogP contribution in [0.15, 0.2) is 41.4 Å². The quantitative estimate of drug-likeness (QED) is 0.707. The first kappa shape index (κ1) is 16.8. The molecule has 0 saturated heterocycles. The van der Waals surface area contributed by atoms with Gasteiger partial charge in [0.1, 0.15) is 13.2 Å². The van der Waals surface area contributed by atoms with Crippen LogP contribution in [0.2, 0.25) is 0 Å². The molecule has 0 saturated carbocycles. The molecule has 134 valence electrons. The average molecular weight is 368 g/mol. The van der Waals surface area contributed by atoms with Gasteiger partial charge in [0.15, 0.2) is 16.3 Å². The van der Waals surface area contributed by atoms with Crippen molar-refractivity contribution in [2.45, 2.75) is 26.8 Å². The summed E-state index contributed by atoms with van der Waals surface area (Å²) in [6.45, 7) is 6.01. The van der Waals surface area contributed by atoms with Gasteiger partial charge >= 0.3 is 0 Å². The van der Waals surface area contributed by atoms with Crippen molar-refractivity contribution in [3.63, 3.8) is 0 Å². The molecule has 0 fully saturated rings. The number of fused-ring (bicyclic) bond motifs is 2. The van der Waals surface area contributed by atoms with Crippen molar-refractivity contribution in [3.8, 4) is 11.5 Å². The number of nitrogens with zero attached hydrogens (tertiary/aromatic N) is 2. The van der Waals surface area contributed by atoms with Crippen molar-refractivity contribution in [1.82, 2.24) is 4.57 Å². The van der Waals surface area contributed by atoms with Gasteiger partial charge in [-0.1, -0.05) is 30.4 Å². The Hall–Kier alpha value is -2.60. The van der Waals surface area contributed by atoms with Crippen molar-refractivity contribution in [1.29, 1.82) is 0 Å². The number of hydrogen-bond donors (Lipinski definition) is 0. The Morgan fingerprint density at radius 2 is 1.96 bits per heavy atom. The summed E-state index contributed by atoms with van der Waals surface area (Å²) in [5, 5.41) is 0. The lowest BCUT2D eigenvalue weighted by atomic mass is 10.1. The number of rotatable bonds is 3. The molecule has 5 nitrogen and oxygen atoms in total. The van der Waals surface area contributed by atoms with E-state index in [0.29, 0.717) is 30.3 Å². The molecule has 0 aliphatic carbocycles. The highest BCUT2D eigenvalue weighted by Gasteiger charge is 2.15. The van der Waals surface area contributed by atoms with E-state index in [1.165, 1.54) is 11.1 Å². The number of aryl methyl sites for hydroxylation is 2. The predicted octanol–water partition coefficient (Wildman–Crippen LogP) is 3.80. The maximum absolute atomic E-state index is 12.7. The van der Waals surface area contributed by atoms with Gasteiger partial charge < -0.3 is 14.0 Å². The Balaban J connectivity index is 1.79. The molecular weight excluding hydrogens is 348 g/mol. The van der Waals surface area contributed by atoms with Crippen LogP contribution in [-0.4, -0.2) is 23.7 Å². The van der Waals surface area contributed by atoms with Gasteiger partial charge in [0.2, 0.25) is 0 Å². The normalized spacial score (nSPS) is 14.0. The number of hydrogen-bond acceptors (Lipinski definition) is 4. The smallest absolute Gasteiger partial charge is 0.279 e. The Labute approximate surface area is 155 Å². The van der Waals surface area contributed by atoms with Gasteiger partial charge in [-0.25, -0.2) is 0 Å². The Bertz CT molecular complexity index is 1050. The van der Waals surface area contributed by atoms with Crippen LogP contribution in [0.1, 0.15) is 29.8 Å². The highest BCUT2D eigenvalue weighted by Crippen LogP contribution is 2.31. The van der Waals surface area contributed by atoms with Crippen molar-refractivity contribution in [2.75, 3.05) is 13.2 Å². The molecule has 0 bridgehead atoms. The van der Waals surface area contributed by atoms with Gasteiger partial charge in [0.25, 0.3) is 5.91 Å². The highest BCUT2D eigenvalue weighted by atomic mass is 32.1. The maximum atomic E-state index is 12.7. The van der Waals surface area contributed by atoms with Gasteiger partial charge in [0, 0.05) is 12.1 Å². The highest BCUT2D eigenvalue weighted by molar-refractivity contribution is 7.16. The van der Waals surface area contributed by atoms with Crippen LogP contribution in [0.3, 0.4) is 0 Å². The summed E-state index contributed by atoms with van der Waals surface area (Å²) in [4.78, 5) is 17.9. The van der Waals surface area contributed by atoms with Gasteiger partial charge in [-0.2, -0.15) is 4.99 Å². The second kappa shape index (κ2) is 6.96. The zero-order chi connectivity index (χ0) is 18.1. The van der Waals surface area contributed by atoms with Crippen LogP contribution in [0.5, 0.6) is 11.5 Å². The van der Waals surface area contributed by atoms with E-state index in [4.69, 9.17) is 9.47 Å². The van der Waals surface area contributed by atoms with E-state index in [1.807, 2.05) is 0 Å². The SMILES string of the molecule is CCc1cccc2sc(=NC(=O)c3ccc4c(c3)OCCO4)n(CC)c12. The molecule has 0 spiro atoms. The van der Waals surface area contributed by atoms with Gasteiger partial charge in [-0.05, 0) is 43.2 Å². The van der Waals surface area contributed by atoms with Crippen LogP contribution in [0.4, 0.5) is 0 Å². The zero-order valence-corrected chi connectivity index (χ0v) is 15.6. The molecule has 1 aliphatic rings. The average Bonchev–Trinajstić information content (AvgIpc) is 3.04. The van der Waals surface area contributed by atoms with E-state index in [-0.39, 0.29) is 5.91 Å². The number of benzene rings is 2. The minimum absolute atomic E-state index is 0.270. The van der Waals surface area contributed by atoms with E-state index in [1.54, 1.807) is 29.5 Å². The fraction of sp³-hybridized carbons (Fsp3) is 0.300. The summed E-state index contributed by atoms with van der Waals surface area (Å²) in [7, 11) is 0. The first-order chi connectivity index (χ1) is 12.7. The van der Waals surface area contributed by atoms with E-state index < -0.39 is 0 Å². The third-order valence-corrected chi connectivity index (χ3v) is 5.51. The van der Waals surface area contributed by atoms with Crippen molar-refractivity contribution in [2.24, 2.45) is 4.99 Å². The van der Waals surface area contributed by atoms with E-state index >= 15 is 0 Å². The topological polar surface area (TPSA) is 52.8 Å². The number of aromatic nitrogens is 1. The summed E-state index contributed by atoms with van der Waals surface area (Å²) in [6, 6.07) is 11.5. The molecule has 6 heteroatoms. The molecule has 1 aromatic heterocycles. The second-order valence-corrected chi connectivity index (χ2v) is 7.03. The number of carbonyl (C=O) groups is 1. The predicted molar refractivity (Wildman–Crippen MR) is 102 cm³/mol. The molecule has 4 rings (SSSR count). The monoisotopic (exact) mass is 368 g/mol. The zero-order valence-electron chi connectivity index (χ0n) is 14.8. The van der Waals surface area contributed by atoms with Gasteiger partial charge in [-0.3, -0.25) is 4.79 Å². The minimum atomic E-state index is -0.270. The summed E-state index contributed by atoms with van der Waals surface area (Å²) < 4.78 is 14.3. The fourth-order valence-corrected chi connectivity index (χ4v) is 4.34. The third-order valence-electron chi connectivity index (χ3n) is 4.47. The van der Waals surface area contributed by atoms with Gasteiger partial charge in [-0.15, -0.1) is 0 Å². The van der Waals surface area contributed by atoms with Crippen molar-refractivity contribution in [3.05, 3.63) is 52.3 Å². The van der Waals surface area contributed by atoms with Crippen molar-refractivity contribution >= 4 is 27.5 Å². The van der Waals surface area contributed by atoms with Crippen molar-refractivity contribution < 1.29 is 14.3 Å². The molecule has 2 aromatic carbocycles. The van der Waals surface area contributed by atoms with Crippen LogP contribution >= 0.6 is 11.3 Å². The molecule has 2 heterocycles. The van der Waals surface area contributed by atoms with E-state index in [9.17, 15) is 4.79 Å². The van der Waals surface area contributed by atoms with Crippen LogP contribution in [-0.2, 0) is 13.0 Å². The number of para-hydroxylation sites is 1. The lowest BCUT2D eigenvalue weighted by molar-refractivity contribution is 0.0996. The molecule has 0 N–H and O–H groups in total. The lowest BCUT2D eigenvalue weighted by Gasteiger charge is -2.18. The molecule has 26 heavy (non-hydrogen) atoms. The first-order valence-corrected chi connectivity index (χ1v) is 9.62. The molecule has 3 aromatic rings. The minimum Gasteiger partial charge on any atom is -0.486 e. The number of carbonyl (C=O) groups excluding carboxylic acids is 1. The fourth-order valence-electron chi connectivity index (χ4n) is 3.20. The van der Waals surface area contributed by atoms with E-state index in [0.717, 1.165) is 22.5 Å². The molecule has 1 aliphatic heterocycles. The van der Waals surface area contributed by atoms with Crippen LogP contribution in [0.25, 0.3) is 10.2 Å². The third kappa shape index (κ3) is 2.90.